The van der Waals surface area contributed by atoms with Crippen molar-refractivity contribution in [1.29, 1.82) is 0 Å². The van der Waals surface area contributed by atoms with Crippen molar-refractivity contribution in [3.8, 4) is 0 Å². The minimum absolute atomic E-state index is 0.142. The molecule has 0 amide bonds. The van der Waals surface area contributed by atoms with Crippen molar-refractivity contribution in [2.45, 2.75) is 25.3 Å². The monoisotopic (exact) mass is 255 g/mol. The summed E-state index contributed by atoms with van der Waals surface area (Å²) in [5, 5.41) is 8.71. The third-order valence-corrected chi connectivity index (χ3v) is 4.41. The molecule has 1 aliphatic rings. The average molecular weight is 255 g/mol. The van der Waals surface area contributed by atoms with E-state index >= 15 is 0 Å². The summed E-state index contributed by atoms with van der Waals surface area (Å²) in [4.78, 5) is 0. The molecule has 4 nitrogen and oxygen atoms in total. The van der Waals surface area contributed by atoms with Gasteiger partial charge in [-0.3, -0.25) is 0 Å². The van der Waals surface area contributed by atoms with E-state index in [-0.39, 0.29) is 18.4 Å². The van der Waals surface area contributed by atoms with Gasteiger partial charge in [0.25, 0.3) is 0 Å². The molecule has 1 atom stereocenters. The second-order valence-electron chi connectivity index (χ2n) is 4.30. The molecule has 0 heterocycles. The van der Waals surface area contributed by atoms with Gasteiger partial charge in [-0.1, -0.05) is 24.3 Å². The molecular formula is C12H17NO3S. The SMILES string of the molecule is O=S(=O)(CCO)NC1CCCc2ccccc21. The van der Waals surface area contributed by atoms with Gasteiger partial charge in [0, 0.05) is 6.04 Å². The topological polar surface area (TPSA) is 66.4 Å². The van der Waals surface area contributed by atoms with Crippen molar-refractivity contribution in [2.75, 3.05) is 12.4 Å². The van der Waals surface area contributed by atoms with Crippen molar-refractivity contribution in [3.63, 3.8) is 0 Å². The molecule has 0 bridgehead atoms. The summed E-state index contributed by atoms with van der Waals surface area (Å²) < 4.78 is 25.9. The van der Waals surface area contributed by atoms with Crippen LogP contribution < -0.4 is 4.72 Å². The van der Waals surface area contributed by atoms with Crippen LogP contribution in [-0.4, -0.2) is 25.9 Å². The maximum Gasteiger partial charge on any atom is 0.214 e. The quantitative estimate of drug-likeness (QED) is 0.842. The first-order chi connectivity index (χ1) is 8.12. The van der Waals surface area contributed by atoms with E-state index in [1.165, 1.54) is 5.56 Å². The third-order valence-electron chi connectivity index (χ3n) is 3.05. The second kappa shape index (κ2) is 5.16. The molecule has 1 aromatic carbocycles. The van der Waals surface area contributed by atoms with Crippen LogP contribution in [0, 0.1) is 0 Å². The Balaban J connectivity index is 2.19. The molecule has 1 aromatic rings. The number of hydrogen-bond donors (Lipinski definition) is 2. The van der Waals surface area contributed by atoms with Crippen LogP contribution in [0.25, 0.3) is 0 Å². The largest absolute Gasteiger partial charge is 0.395 e. The molecule has 94 valence electrons. The molecule has 2 rings (SSSR count). The summed E-state index contributed by atoms with van der Waals surface area (Å²) in [6.07, 6.45) is 2.82. The minimum atomic E-state index is -3.37. The van der Waals surface area contributed by atoms with Crippen molar-refractivity contribution in [3.05, 3.63) is 35.4 Å². The molecule has 2 N–H and O–H groups in total. The van der Waals surface area contributed by atoms with Crippen molar-refractivity contribution in [2.24, 2.45) is 0 Å². The van der Waals surface area contributed by atoms with Crippen LogP contribution in [0.4, 0.5) is 0 Å². The van der Waals surface area contributed by atoms with Gasteiger partial charge in [-0.2, -0.15) is 0 Å². The first-order valence-corrected chi connectivity index (χ1v) is 7.46. The van der Waals surface area contributed by atoms with Gasteiger partial charge in [0.1, 0.15) is 0 Å². The molecule has 0 radical (unpaired) electrons. The Kier molecular flexibility index (Phi) is 3.81. The Morgan fingerprint density at radius 1 is 1.35 bits per heavy atom. The molecule has 0 saturated heterocycles. The first-order valence-electron chi connectivity index (χ1n) is 5.81. The fraction of sp³-hybridized carbons (Fsp3) is 0.500. The summed E-state index contributed by atoms with van der Waals surface area (Å²) in [5.41, 5.74) is 2.29. The number of hydrogen-bond acceptors (Lipinski definition) is 3. The van der Waals surface area contributed by atoms with Gasteiger partial charge in [-0.25, -0.2) is 13.1 Å². The van der Waals surface area contributed by atoms with Crippen LogP contribution >= 0.6 is 0 Å². The van der Waals surface area contributed by atoms with E-state index in [4.69, 9.17) is 5.11 Å². The lowest BCUT2D eigenvalue weighted by molar-refractivity contribution is 0.318. The maximum absolute atomic E-state index is 11.6. The number of aryl methyl sites for hydroxylation is 1. The zero-order chi connectivity index (χ0) is 12.3. The number of fused-ring (bicyclic) bond motifs is 1. The van der Waals surface area contributed by atoms with Gasteiger partial charge in [-0.15, -0.1) is 0 Å². The molecule has 0 fully saturated rings. The Hall–Kier alpha value is -0.910. The molecule has 0 spiro atoms. The van der Waals surface area contributed by atoms with E-state index < -0.39 is 10.0 Å². The fourth-order valence-electron chi connectivity index (χ4n) is 2.27. The molecule has 0 aliphatic heterocycles. The molecule has 0 saturated carbocycles. The summed E-state index contributed by atoms with van der Waals surface area (Å²) in [5.74, 6) is -0.230. The Labute approximate surface area is 102 Å². The fourth-order valence-corrected chi connectivity index (χ4v) is 3.31. The number of aliphatic hydroxyl groups excluding tert-OH is 1. The number of sulfonamides is 1. The van der Waals surface area contributed by atoms with Crippen LogP contribution in [0.5, 0.6) is 0 Å². The average Bonchev–Trinajstić information content (AvgIpc) is 2.29. The number of rotatable bonds is 4. The first kappa shape index (κ1) is 12.5. The Morgan fingerprint density at radius 3 is 2.88 bits per heavy atom. The highest BCUT2D eigenvalue weighted by molar-refractivity contribution is 7.89. The van der Waals surface area contributed by atoms with E-state index in [0.717, 1.165) is 24.8 Å². The van der Waals surface area contributed by atoms with Crippen molar-refractivity contribution < 1.29 is 13.5 Å². The molecule has 17 heavy (non-hydrogen) atoms. The van der Waals surface area contributed by atoms with E-state index in [9.17, 15) is 8.42 Å². The number of nitrogens with one attached hydrogen (secondary N) is 1. The van der Waals surface area contributed by atoms with Gasteiger partial charge < -0.3 is 5.11 Å². The van der Waals surface area contributed by atoms with Crippen LogP contribution in [0.1, 0.15) is 30.0 Å². The van der Waals surface area contributed by atoms with Gasteiger partial charge in [-0.05, 0) is 30.4 Å². The third kappa shape index (κ3) is 3.06. The van der Waals surface area contributed by atoms with E-state index in [0.29, 0.717) is 0 Å². The van der Waals surface area contributed by atoms with Gasteiger partial charge >= 0.3 is 0 Å². The van der Waals surface area contributed by atoms with Gasteiger partial charge in [0.2, 0.25) is 10.0 Å². The molecule has 5 heteroatoms. The Morgan fingerprint density at radius 2 is 2.12 bits per heavy atom. The highest BCUT2D eigenvalue weighted by atomic mass is 32.2. The highest BCUT2D eigenvalue weighted by Gasteiger charge is 2.23. The van der Waals surface area contributed by atoms with Crippen molar-refractivity contribution in [1.82, 2.24) is 4.72 Å². The lowest BCUT2D eigenvalue weighted by Crippen LogP contribution is -2.33. The van der Waals surface area contributed by atoms with E-state index in [1.807, 2.05) is 24.3 Å². The van der Waals surface area contributed by atoms with Gasteiger partial charge in [0.15, 0.2) is 0 Å². The maximum atomic E-state index is 11.6. The second-order valence-corrected chi connectivity index (χ2v) is 6.18. The zero-order valence-electron chi connectivity index (χ0n) is 9.59. The summed E-state index contributed by atoms with van der Waals surface area (Å²) in [7, 11) is -3.37. The van der Waals surface area contributed by atoms with Gasteiger partial charge in [0.05, 0.1) is 12.4 Å². The standard InChI is InChI=1S/C12H17NO3S/c14-8-9-17(15,16)13-12-7-3-5-10-4-1-2-6-11(10)12/h1-2,4,6,12-14H,3,5,7-9H2. The van der Waals surface area contributed by atoms with Crippen LogP contribution in [0.2, 0.25) is 0 Å². The molecule has 1 aliphatic carbocycles. The van der Waals surface area contributed by atoms with E-state index in [2.05, 4.69) is 4.72 Å². The number of aliphatic hydroxyl groups is 1. The number of benzene rings is 1. The lowest BCUT2D eigenvalue weighted by Gasteiger charge is -2.26. The zero-order valence-corrected chi connectivity index (χ0v) is 10.4. The molecule has 0 aromatic heterocycles. The summed E-state index contributed by atoms with van der Waals surface area (Å²) in [6.45, 7) is -0.344. The Bertz CT molecular complexity index is 484. The lowest BCUT2D eigenvalue weighted by atomic mass is 9.88. The molecule has 1 unspecified atom stereocenters. The summed E-state index contributed by atoms with van der Waals surface area (Å²) in [6, 6.07) is 7.78. The minimum Gasteiger partial charge on any atom is -0.395 e. The van der Waals surface area contributed by atoms with Crippen molar-refractivity contribution >= 4 is 10.0 Å². The predicted molar refractivity (Wildman–Crippen MR) is 66.1 cm³/mol. The highest BCUT2D eigenvalue weighted by Crippen LogP contribution is 2.29. The summed E-state index contributed by atoms with van der Waals surface area (Å²) >= 11 is 0. The predicted octanol–water partition coefficient (Wildman–Crippen LogP) is 0.976. The molecular weight excluding hydrogens is 238 g/mol. The smallest absolute Gasteiger partial charge is 0.214 e. The van der Waals surface area contributed by atoms with Crippen LogP contribution in [0.15, 0.2) is 24.3 Å². The van der Waals surface area contributed by atoms with Crippen LogP contribution in [-0.2, 0) is 16.4 Å². The van der Waals surface area contributed by atoms with E-state index in [1.54, 1.807) is 0 Å². The normalized spacial score (nSPS) is 19.9. The van der Waals surface area contributed by atoms with Crippen LogP contribution in [0.3, 0.4) is 0 Å².